The lowest BCUT2D eigenvalue weighted by molar-refractivity contribution is 0.0949. The van der Waals surface area contributed by atoms with Crippen LogP contribution < -0.4 is 20.7 Å². The minimum absolute atomic E-state index is 0.00728. The van der Waals surface area contributed by atoms with Crippen LogP contribution in [0.3, 0.4) is 0 Å². The van der Waals surface area contributed by atoms with Gasteiger partial charge >= 0.3 is 0 Å². The van der Waals surface area contributed by atoms with E-state index in [9.17, 15) is 18.0 Å². The lowest BCUT2D eigenvalue weighted by atomic mass is 10.1. The first kappa shape index (κ1) is 19.4. The van der Waals surface area contributed by atoms with Gasteiger partial charge in [0.15, 0.2) is 17.5 Å². The Bertz CT molecular complexity index is 805. The smallest absolute Gasteiger partial charge is 0.251 e. The third kappa shape index (κ3) is 3.84. The Hall–Kier alpha value is -2.90. The molecule has 8 heteroatoms. The highest BCUT2D eigenvalue weighted by Gasteiger charge is 2.19. The van der Waals surface area contributed by atoms with Gasteiger partial charge in [-0.15, -0.1) is 0 Å². The van der Waals surface area contributed by atoms with Gasteiger partial charge in [0.25, 0.3) is 5.91 Å². The summed E-state index contributed by atoms with van der Waals surface area (Å²) in [5, 5.41) is 2.55. The molecule has 0 bridgehead atoms. The van der Waals surface area contributed by atoms with Crippen LogP contribution in [0.25, 0.3) is 0 Å². The fourth-order valence-corrected chi connectivity index (χ4v) is 2.56. The van der Waals surface area contributed by atoms with Gasteiger partial charge in [0.05, 0.1) is 18.5 Å². The van der Waals surface area contributed by atoms with E-state index in [0.717, 1.165) is 0 Å². The third-order valence-corrected chi connectivity index (χ3v) is 4.02. The van der Waals surface area contributed by atoms with E-state index in [2.05, 4.69) is 5.32 Å². The quantitative estimate of drug-likeness (QED) is 0.608. The zero-order valence-electron chi connectivity index (χ0n) is 14.7. The van der Waals surface area contributed by atoms with Crippen LogP contribution in [0.1, 0.15) is 22.8 Å². The van der Waals surface area contributed by atoms with Crippen molar-refractivity contribution in [2.75, 3.05) is 31.3 Å². The molecule has 0 unspecified atom stereocenters. The molecule has 3 N–H and O–H groups in total. The molecule has 0 radical (unpaired) electrons. The summed E-state index contributed by atoms with van der Waals surface area (Å²) in [5.74, 6) is -4.72. The summed E-state index contributed by atoms with van der Waals surface area (Å²) in [4.78, 5) is 14.1. The summed E-state index contributed by atoms with van der Waals surface area (Å²) in [6.07, 6.45) is 0. The second-order valence-corrected chi connectivity index (χ2v) is 5.63. The van der Waals surface area contributed by atoms with Gasteiger partial charge in [-0.1, -0.05) is 0 Å². The topological polar surface area (TPSA) is 67.6 Å². The molecule has 2 aromatic rings. The maximum absolute atomic E-state index is 13.3. The monoisotopic (exact) mass is 367 g/mol. The average Bonchev–Trinajstić information content (AvgIpc) is 2.63. The van der Waals surface area contributed by atoms with Gasteiger partial charge < -0.3 is 20.7 Å². The molecule has 0 fully saturated rings. The number of methoxy groups -OCH3 is 1. The van der Waals surface area contributed by atoms with Crippen LogP contribution in [0.15, 0.2) is 24.3 Å². The van der Waals surface area contributed by atoms with Gasteiger partial charge in [-0.3, -0.25) is 4.79 Å². The largest absolute Gasteiger partial charge is 0.496 e. The maximum Gasteiger partial charge on any atom is 0.251 e. The molecular weight excluding hydrogens is 347 g/mol. The molecule has 0 spiro atoms. The molecule has 1 amide bonds. The van der Waals surface area contributed by atoms with Crippen LogP contribution in [0.5, 0.6) is 5.75 Å². The van der Waals surface area contributed by atoms with E-state index in [1.54, 1.807) is 12.1 Å². The number of carbonyl (C=O) groups is 1. The SMILES string of the molecule is CCN(C)c1c(N)ccc(OC)c1CNC(=O)c1cc(F)c(F)c(F)c1. The number of amides is 1. The summed E-state index contributed by atoms with van der Waals surface area (Å²) in [5.41, 5.74) is 7.52. The molecule has 2 rings (SSSR count). The lowest BCUT2D eigenvalue weighted by Gasteiger charge is -2.24. The standard InChI is InChI=1S/C18H20F3N3O2/c1-4-24(2)17-11(15(26-3)6-5-14(17)22)9-23-18(25)10-7-12(19)16(21)13(20)8-10/h5-8H,4,9,22H2,1-3H3,(H,23,25). The Labute approximate surface area is 149 Å². The molecule has 0 saturated heterocycles. The lowest BCUT2D eigenvalue weighted by Crippen LogP contribution is -2.26. The highest BCUT2D eigenvalue weighted by molar-refractivity contribution is 5.94. The van der Waals surface area contributed by atoms with Crippen molar-refractivity contribution >= 4 is 17.3 Å². The van der Waals surface area contributed by atoms with Crippen LogP contribution in [-0.2, 0) is 6.54 Å². The van der Waals surface area contributed by atoms with Gasteiger partial charge in [-0.05, 0) is 31.2 Å². The first-order valence-corrected chi connectivity index (χ1v) is 7.89. The van der Waals surface area contributed by atoms with Crippen molar-refractivity contribution in [2.24, 2.45) is 0 Å². The Kier molecular flexibility index (Phi) is 5.97. The molecule has 0 saturated carbocycles. The number of anilines is 2. The highest BCUT2D eigenvalue weighted by Crippen LogP contribution is 2.34. The predicted octanol–water partition coefficient (Wildman–Crippen LogP) is 3.08. The number of carbonyl (C=O) groups excluding carboxylic acids is 1. The molecule has 0 heterocycles. The van der Waals surface area contributed by atoms with E-state index < -0.39 is 23.4 Å². The zero-order valence-corrected chi connectivity index (χ0v) is 14.7. The number of nitrogens with two attached hydrogens (primary N) is 1. The molecule has 26 heavy (non-hydrogen) atoms. The summed E-state index contributed by atoms with van der Waals surface area (Å²) >= 11 is 0. The van der Waals surface area contributed by atoms with Gasteiger partial charge in [-0.2, -0.15) is 0 Å². The fraction of sp³-hybridized carbons (Fsp3) is 0.278. The zero-order chi connectivity index (χ0) is 19.4. The summed E-state index contributed by atoms with van der Waals surface area (Å²) in [6, 6.07) is 4.64. The van der Waals surface area contributed by atoms with Crippen LogP contribution in [-0.4, -0.2) is 26.6 Å². The van der Waals surface area contributed by atoms with Crippen molar-refractivity contribution < 1.29 is 22.7 Å². The highest BCUT2D eigenvalue weighted by atomic mass is 19.2. The Balaban J connectivity index is 2.31. The fourth-order valence-electron chi connectivity index (χ4n) is 2.56. The first-order chi connectivity index (χ1) is 12.3. The first-order valence-electron chi connectivity index (χ1n) is 7.89. The van der Waals surface area contributed by atoms with Crippen LogP contribution >= 0.6 is 0 Å². The van der Waals surface area contributed by atoms with Crippen molar-refractivity contribution in [2.45, 2.75) is 13.5 Å². The number of hydrogen-bond donors (Lipinski definition) is 2. The van der Waals surface area contributed by atoms with Gasteiger partial charge in [-0.25, -0.2) is 13.2 Å². The van der Waals surface area contributed by atoms with E-state index in [1.165, 1.54) is 7.11 Å². The van der Waals surface area contributed by atoms with Crippen molar-refractivity contribution in [3.8, 4) is 5.75 Å². The molecule has 0 aliphatic carbocycles. The second-order valence-electron chi connectivity index (χ2n) is 5.63. The number of ether oxygens (including phenoxy) is 1. The normalized spacial score (nSPS) is 10.5. The molecule has 0 aliphatic heterocycles. The summed E-state index contributed by atoms with van der Waals surface area (Å²) < 4.78 is 45.0. The predicted molar refractivity (Wildman–Crippen MR) is 93.8 cm³/mol. The maximum atomic E-state index is 13.3. The molecular formula is C18H20F3N3O2. The van der Waals surface area contributed by atoms with Gasteiger partial charge in [0, 0.05) is 31.3 Å². The van der Waals surface area contributed by atoms with Crippen molar-refractivity contribution in [3.05, 3.63) is 52.8 Å². The van der Waals surface area contributed by atoms with Gasteiger partial charge in [0.2, 0.25) is 0 Å². The van der Waals surface area contributed by atoms with Gasteiger partial charge in [0.1, 0.15) is 5.75 Å². The molecule has 0 aliphatic rings. The van der Waals surface area contributed by atoms with E-state index in [4.69, 9.17) is 10.5 Å². The van der Waals surface area contributed by atoms with E-state index in [1.807, 2.05) is 18.9 Å². The minimum Gasteiger partial charge on any atom is -0.496 e. The number of halogens is 3. The number of benzene rings is 2. The van der Waals surface area contributed by atoms with Crippen molar-refractivity contribution in [1.29, 1.82) is 0 Å². The van der Waals surface area contributed by atoms with Crippen molar-refractivity contribution in [3.63, 3.8) is 0 Å². The van der Waals surface area contributed by atoms with Crippen LogP contribution in [0, 0.1) is 17.5 Å². The number of nitrogens with zero attached hydrogens (tertiary/aromatic N) is 1. The Morgan fingerprint density at radius 3 is 2.38 bits per heavy atom. The number of nitrogen functional groups attached to an aromatic ring is 1. The molecule has 0 atom stereocenters. The Morgan fingerprint density at radius 2 is 1.85 bits per heavy atom. The average molecular weight is 367 g/mol. The summed E-state index contributed by atoms with van der Waals surface area (Å²) in [7, 11) is 3.32. The molecule has 2 aromatic carbocycles. The van der Waals surface area contributed by atoms with Crippen molar-refractivity contribution in [1.82, 2.24) is 5.32 Å². The number of nitrogens with one attached hydrogen (secondary N) is 1. The van der Waals surface area contributed by atoms with E-state index in [0.29, 0.717) is 41.4 Å². The van der Waals surface area contributed by atoms with E-state index in [-0.39, 0.29) is 12.1 Å². The Morgan fingerprint density at radius 1 is 1.23 bits per heavy atom. The second kappa shape index (κ2) is 7.99. The number of hydrogen-bond acceptors (Lipinski definition) is 4. The minimum atomic E-state index is -1.62. The van der Waals surface area contributed by atoms with Crippen LogP contribution in [0.4, 0.5) is 24.5 Å². The van der Waals surface area contributed by atoms with E-state index >= 15 is 0 Å². The molecule has 5 nitrogen and oxygen atoms in total. The molecule has 140 valence electrons. The third-order valence-electron chi connectivity index (χ3n) is 4.02. The van der Waals surface area contributed by atoms with Crippen LogP contribution in [0.2, 0.25) is 0 Å². The number of rotatable bonds is 6. The summed E-state index contributed by atoms with van der Waals surface area (Å²) in [6.45, 7) is 2.60. The molecule has 0 aromatic heterocycles.